The lowest BCUT2D eigenvalue weighted by atomic mass is 10.2. The summed E-state index contributed by atoms with van der Waals surface area (Å²) in [6, 6.07) is 7.98. The highest BCUT2D eigenvalue weighted by atomic mass is 32.2. The molecule has 7 heteroatoms. The van der Waals surface area contributed by atoms with Gasteiger partial charge < -0.3 is 15.4 Å². The number of sulfone groups is 1. The maximum atomic E-state index is 11.2. The Morgan fingerprint density at radius 2 is 2.04 bits per heavy atom. The van der Waals surface area contributed by atoms with Crippen molar-refractivity contribution in [3.63, 3.8) is 0 Å². The zero-order valence-electron chi connectivity index (χ0n) is 15.0. The third-order valence-corrected chi connectivity index (χ3v) is 4.47. The lowest BCUT2D eigenvalue weighted by Gasteiger charge is -2.17. The van der Waals surface area contributed by atoms with Gasteiger partial charge in [-0.2, -0.15) is 0 Å². The summed E-state index contributed by atoms with van der Waals surface area (Å²) in [5.41, 5.74) is 1.13. The van der Waals surface area contributed by atoms with Crippen LogP contribution in [0, 0.1) is 6.92 Å². The van der Waals surface area contributed by atoms with Crippen LogP contribution in [0.1, 0.15) is 25.3 Å². The van der Waals surface area contributed by atoms with Crippen molar-refractivity contribution in [2.45, 2.75) is 32.7 Å². The van der Waals surface area contributed by atoms with Crippen molar-refractivity contribution in [1.29, 1.82) is 0 Å². The largest absolute Gasteiger partial charge is 0.493 e. The number of para-hydroxylation sites is 1. The Balaban J connectivity index is 2.23. The molecule has 0 amide bonds. The molecule has 136 valence electrons. The van der Waals surface area contributed by atoms with Gasteiger partial charge in [0.1, 0.15) is 15.6 Å². The molecule has 1 atom stereocenters. The van der Waals surface area contributed by atoms with Gasteiger partial charge in [-0.25, -0.2) is 8.42 Å². The zero-order chi connectivity index (χ0) is 18.0. The fraction of sp³-hybridized carbons (Fsp3) is 0.588. The first-order valence-electron chi connectivity index (χ1n) is 8.15. The molecule has 1 rings (SSSR count). The summed E-state index contributed by atoms with van der Waals surface area (Å²) in [5.74, 6) is 1.75. The summed E-state index contributed by atoms with van der Waals surface area (Å²) < 4.78 is 28.1. The normalized spacial score (nSPS) is 13.4. The Kier molecular flexibility index (Phi) is 8.60. The fourth-order valence-electron chi connectivity index (χ4n) is 2.07. The van der Waals surface area contributed by atoms with Crippen molar-refractivity contribution in [1.82, 2.24) is 10.6 Å². The van der Waals surface area contributed by atoms with E-state index in [1.807, 2.05) is 38.1 Å². The van der Waals surface area contributed by atoms with Gasteiger partial charge in [0.2, 0.25) is 0 Å². The second-order valence-corrected chi connectivity index (χ2v) is 8.19. The highest BCUT2D eigenvalue weighted by Crippen LogP contribution is 2.15. The summed E-state index contributed by atoms with van der Waals surface area (Å²) in [4.78, 5) is 4.15. The van der Waals surface area contributed by atoms with E-state index in [4.69, 9.17) is 4.74 Å². The SMILES string of the molecule is CN=C(NCCCOc1ccccc1C)NC(C)CCS(C)(=O)=O. The molecule has 0 aliphatic heterocycles. The first-order chi connectivity index (χ1) is 11.3. The number of rotatable bonds is 9. The molecule has 0 aliphatic carbocycles. The fourth-order valence-corrected chi connectivity index (χ4v) is 2.85. The van der Waals surface area contributed by atoms with Crippen molar-refractivity contribution < 1.29 is 13.2 Å². The van der Waals surface area contributed by atoms with Gasteiger partial charge in [-0.3, -0.25) is 4.99 Å². The Bertz CT molecular complexity index is 630. The molecule has 1 aromatic carbocycles. The minimum absolute atomic E-state index is 0.0362. The van der Waals surface area contributed by atoms with E-state index in [9.17, 15) is 8.42 Å². The van der Waals surface area contributed by atoms with Crippen LogP contribution in [0.4, 0.5) is 0 Å². The van der Waals surface area contributed by atoms with Crippen LogP contribution in [0.5, 0.6) is 5.75 Å². The van der Waals surface area contributed by atoms with E-state index in [1.165, 1.54) is 6.26 Å². The number of benzene rings is 1. The third-order valence-electron chi connectivity index (χ3n) is 3.49. The molecule has 6 nitrogen and oxygen atoms in total. The molecule has 0 heterocycles. The zero-order valence-corrected chi connectivity index (χ0v) is 15.8. The predicted molar refractivity (Wildman–Crippen MR) is 99.6 cm³/mol. The number of nitrogens with one attached hydrogen (secondary N) is 2. The molecular weight excluding hydrogens is 326 g/mol. The van der Waals surface area contributed by atoms with Crippen LogP contribution < -0.4 is 15.4 Å². The van der Waals surface area contributed by atoms with Crippen LogP contribution in [-0.2, 0) is 9.84 Å². The maximum Gasteiger partial charge on any atom is 0.191 e. The second-order valence-electron chi connectivity index (χ2n) is 5.93. The number of hydrogen-bond donors (Lipinski definition) is 2. The Morgan fingerprint density at radius 1 is 1.33 bits per heavy atom. The van der Waals surface area contributed by atoms with Crippen LogP contribution in [0.2, 0.25) is 0 Å². The van der Waals surface area contributed by atoms with Crippen LogP contribution in [0.15, 0.2) is 29.3 Å². The first kappa shape index (κ1) is 20.3. The number of guanidine groups is 1. The molecule has 24 heavy (non-hydrogen) atoms. The Hall–Kier alpha value is -1.76. The smallest absolute Gasteiger partial charge is 0.191 e. The highest BCUT2D eigenvalue weighted by molar-refractivity contribution is 7.90. The van der Waals surface area contributed by atoms with E-state index >= 15 is 0 Å². The summed E-state index contributed by atoms with van der Waals surface area (Å²) in [6.07, 6.45) is 2.64. The van der Waals surface area contributed by atoms with Crippen molar-refractivity contribution in [3.8, 4) is 5.75 Å². The Labute approximate surface area is 145 Å². The molecule has 0 fully saturated rings. The number of hydrogen-bond acceptors (Lipinski definition) is 4. The van der Waals surface area contributed by atoms with Crippen LogP contribution in [-0.4, -0.2) is 52.6 Å². The summed E-state index contributed by atoms with van der Waals surface area (Å²) in [7, 11) is -1.24. The Morgan fingerprint density at radius 3 is 2.67 bits per heavy atom. The van der Waals surface area contributed by atoms with Gasteiger partial charge in [-0.1, -0.05) is 18.2 Å². The lowest BCUT2D eigenvalue weighted by molar-refractivity contribution is 0.309. The maximum absolute atomic E-state index is 11.2. The van der Waals surface area contributed by atoms with Crippen molar-refractivity contribution in [2.24, 2.45) is 4.99 Å². The van der Waals surface area contributed by atoms with E-state index in [-0.39, 0.29) is 11.8 Å². The van der Waals surface area contributed by atoms with Crippen LogP contribution in [0.25, 0.3) is 0 Å². The van der Waals surface area contributed by atoms with Gasteiger partial charge >= 0.3 is 0 Å². The number of ether oxygens (including phenoxy) is 1. The van der Waals surface area contributed by atoms with E-state index in [0.29, 0.717) is 19.0 Å². The lowest BCUT2D eigenvalue weighted by Crippen LogP contribution is -2.43. The standard InChI is InChI=1S/C17H29N3O3S/c1-14-8-5-6-9-16(14)23-12-7-11-19-17(18-3)20-15(2)10-13-24(4,21)22/h5-6,8-9,15H,7,10-13H2,1-4H3,(H2,18,19,20). The minimum Gasteiger partial charge on any atom is -0.493 e. The van der Waals surface area contributed by atoms with E-state index < -0.39 is 9.84 Å². The molecule has 0 spiro atoms. The molecule has 0 radical (unpaired) electrons. The highest BCUT2D eigenvalue weighted by Gasteiger charge is 2.09. The predicted octanol–water partition coefficient (Wildman–Crippen LogP) is 1.75. The monoisotopic (exact) mass is 355 g/mol. The molecule has 0 saturated carbocycles. The first-order valence-corrected chi connectivity index (χ1v) is 10.2. The molecule has 2 N–H and O–H groups in total. The third kappa shape index (κ3) is 8.76. The summed E-state index contributed by atoms with van der Waals surface area (Å²) >= 11 is 0. The van der Waals surface area contributed by atoms with Crippen LogP contribution >= 0.6 is 0 Å². The average molecular weight is 356 g/mol. The van der Waals surface area contributed by atoms with Gasteiger partial charge in [0.05, 0.1) is 12.4 Å². The van der Waals surface area contributed by atoms with E-state index in [2.05, 4.69) is 15.6 Å². The van der Waals surface area contributed by atoms with Gasteiger partial charge in [0.25, 0.3) is 0 Å². The second kappa shape index (κ2) is 10.2. The molecule has 1 unspecified atom stereocenters. The number of aryl methyl sites for hydroxylation is 1. The summed E-state index contributed by atoms with van der Waals surface area (Å²) in [5, 5.41) is 6.40. The van der Waals surface area contributed by atoms with Gasteiger partial charge in [0.15, 0.2) is 5.96 Å². The molecule has 0 aromatic heterocycles. The number of aliphatic imine (C=N–C) groups is 1. The van der Waals surface area contributed by atoms with Gasteiger partial charge in [-0.05, 0) is 38.3 Å². The quantitative estimate of drug-likeness (QED) is 0.401. The molecule has 0 aliphatic rings. The number of nitrogens with zero attached hydrogens (tertiary/aromatic N) is 1. The molecule has 0 saturated heterocycles. The van der Waals surface area contributed by atoms with E-state index in [0.717, 1.165) is 24.3 Å². The topological polar surface area (TPSA) is 79.8 Å². The molecule has 0 bridgehead atoms. The summed E-state index contributed by atoms with van der Waals surface area (Å²) in [6.45, 7) is 5.32. The van der Waals surface area contributed by atoms with Crippen molar-refractivity contribution in [2.75, 3.05) is 32.2 Å². The van der Waals surface area contributed by atoms with Crippen molar-refractivity contribution >= 4 is 15.8 Å². The van der Waals surface area contributed by atoms with Crippen molar-refractivity contribution in [3.05, 3.63) is 29.8 Å². The van der Waals surface area contributed by atoms with Gasteiger partial charge in [0, 0.05) is 25.9 Å². The average Bonchev–Trinajstić information content (AvgIpc) is 2.52. The molecular formula is C17H29N3O3S. The van der Waals surface area contributed by atoms with Crippen LogP contribution in [0.3, 0.4) is 0 Å². The minimum atomic E-state index is -2.93. The van der Waals surface area contributed by atoms with Gasteiger partial charge in [-0.15, -0.1) is 0 Å². The molecule has 1 aromatic rings. The van der Waals surface area contributed by atoms with E-state index in [1.54, 1.807) is 7.05 Å².